The van der Waals surface area contributed by atoms with Crippen molar-refractivity contribution in [2.24, 2.45) is 0 Å². The van der Waals surface area contributed by atoms with Gasteiger partial charge in [-0.15, -0.1) is 0 Å². The number of amides is 3. The number of hydrogen-bond acceptors (Lipinski definition) is 5. The van der Waals surface area contributed by atoms with Gasteiger partial charge in [0.15, 0.2) is 0 Å². The highest BCUT2D eigenvalue weighted by atomic mass is 16.6. The van der Waals surface area contributed by atoms with Crippen LogP contribution in [-0.2, 0) is 33.7 Å². The van der Waals surface area contributed by atoms with Crippen molar-refractivity contribution in [1.29, 1.82) is 0 Å². The number of phenols is 1. The van der Waals surface area contributed by atoms with Crippen molar-refractivity contribution in [2.45, 2.75) is 64.3 Å². The number of alkyl carbamates (subject to hydrolysis) is 1. The molecule has 0 fully saturated rings. The molecule has 206 valence electrons. The lowest BCUT2D eigenvalue weighted by Crippen LogP contribution is -2.62. The molecule has 8 heteroatoms. The van der Waals surface area contributed by atoms with Crippen LogP contribution >= 0.6 is 0 Å². The van der Waals surface area contributed by atoms with Crippen molar-refractivity contribution in [2.75, 3.05) is 0 Å². The van der Waals surface area contributed by atoms with Crippen molar-refractivity contribution >= 4 is 17.9 Å². The van der Waals surface area contributed by atoms with E-state index in [1.807, 2.05) is 60.7 Å². The number of phenolic OH excluding ortho intramolecular Hbond substituents is 1. The summed E-state index contributed by atoms with van der Waals surface area (Å²) in [5, 5.41) is 18.0. The second-order valence-corrected chi connectivity index (χ2v) is 10.7. The fraction of sp³-hybridized carbons (Fsp3) is 0.323. The van der Waals surface area contributed by atoms with Crippen molar-refractivity contribution < 1.29 is 24.2 Å². The Labute approximate surface area is 229 Å². The Morgan fingerprint density at radius 2 is 1.36 bits per heavy atom. The van der Waals surface area contributed by atoms with Gasteiger partial charge in [0, 0.05) is 19.4 Å². The average molecular weight is 532 g/mol. The van der Waals surface area contributed by atoms with Gasteiger partial charge in [0.05, 0.1) is 0 Å². The lowest BCUT2D eigenvalue weighted by atomic mass is 9.90. The summed E-state index contributed by atoms with van der Waals surface area (Å²) in [6.45, 7) is 7.11. The molecule has 0 radical (unpaired) electrons. The summed E-state index contributed by atoms with van der Waals surface area (Å²) in [4.78, 5) is 39.9. The topological polar surface area (TPSA) is 117 Å². The molecule has 0 aliphatic carbocycles. The number of hydrogen-bond donors (Lipinski definition) is 4. The van der Waals surface area contributed by atoms with Crippen molar-refractivity contribution in [1.82, 2.24) is 16.0 Å². The van der Waals surface area contributed by atoms with Crippen LogP contribution in [0.5, 0.6) is 5.75 Å². The van der Waals surface area contributed by atoms with Crippen LogP contribution in [0.15, 0.2) is 84.9 Å². The number of aromatic hydroxyl groups is 1. The Kier molecular flexibility index (Phi) is 9.71. The van der Waals surface area contributed by atoms with E-state index in [0.29, 0.717) is 0 Å². The minimum Gasteiger partial charge on any atom is -0.508 e. The lowest BCUT2D eigenvalue weighted by Gasteiger charge is -2.32. The van der Waals surface area contributed by atoms with Crippen LogP contribution < -0.4 is 16.0 Å². The van der Waals surface area contributed by atoms with Gasteiger partial charge in [0.2, 0.25) is 11.8 Å². The smallest absolute Gasteiger partial charge is 0.408 e. The van der Waals surface area contributed by atoms with Gasteiger partial charge in [-0.3, -0.25) is 9.59 Å². The van der Waals surface area contributed by atoms with E-state index in [-0.39, 0.29) is 31.0 Å². The molecule has 0 aliphatic rings. The molecule has 0 saturated heterocycles. The van der Waals surface area contributed by atoms with Crippen molar-refractivity contribution in [3.63, 3.8) is 0 Å². The molecule has 0 saturated carbocycles. The number of benzene rings is 3. The Morgan fingerprint density at radius 3 is 1.92 bits per heavy atom. The van der Waals surface area contributed by atoms with Crippen LogP contribution in [0.2, 0.25) is 0 Å². The number of ether oxygens (including phenoxy) is 1. The molecule has 3 aromatic rings. The minimum atomic E-state index is -1.33. The maximum Gasteiger partial charge on any atom is 0.408 e. The molecule has 0 heterocycles. The molecule has 4 N–H and O–H groups in total. The second kappa shape index (κ2) is 13.0. The molecule has 2 atom stereocenters. The van der Waals surface area contributed by atoms with E-state index in [2.05, 4.69) is 16.0 Å². The summed E-state index contributed by atoms with van der Waals surface area (Å²) in [7, 11) is 0. The van der Waals surface area contributed by atoms with Gasteiger partial charge in [0.25, 0.3) is 0 Å². The highest BCUT2D eigenvalue weighted by molar-refractivity contribution is 5.94. The van der Waals surface area contributed by atoms with Crippen LogP contribution in [0.3, 0.4) is 0 Å². The molecular formula is C31H37N3O5. The summed E-state index contributed by atoms with van der Waals surface area (Å²) in [5.74, 6) is -0.764. The minimum absolute atomic E-state index is 0.133. The van der Waals surface area contributed by atoms with E-state index in [4.69, 9.17) is 4.74 Å². The first kappa shape index (κ1) is 29.2. The van der Waals surface area contributed by atoms with Crippen LogP contribution in [0, 0.1) is 0 Å². The third-order valence-electron chi connectivity index (χ3n) is 5.98. The molecule has 3 amide bonds. The Balaban J connectivity index is 1.83. The van der Waals surface area contributed by atoms with Gasteiger partial charge in [-0.05, 0) is 56.5 Å². The van der Waals surface area contributed by atoms with Crippen molar-refractivity contribution in [3.05, 3.63) is 102 Å². The monoisotopic (exact) mass is 531 g/mol. The summed E-state index contributed by atoms with van der Waals surface area (Å²) in [6, 6.07) is 24.2. The maximum absolute atomic E-state index is 13.7. The normalized spacial score (nSPS) is 13.4. The van der Waals surface area contributed by atoms with Gasteiger partial charge < -0.3 is 25.8 Å². The standard InChI is InChI=1S/C31H37N3O5/c1-30(2,3)39-29(38)33-26(19-22-11-7-5-8-12-22)27(36)34-31(4,20-23-13-9-6-10-14-23)28(37)32-21-24-15-17-25(35)18-16-24/h5-18,26,35H,19-21H2,1-4H3,(H,32,37)(H,33,38)(H,34,36)/t26-,31?/m0/s1. The summed E-state index contributed by atoms with van der Waals surface area (Å²) in [5.41, 5.74) is 0.423. The van der Waals surface area contributed by atoms with Gasteiger partial charge in [0.1, 0.15) is 22.9 Å². The first-order valence-electron chi connectivity index (χ1n) is 12.9. The van der Waals surface area contributed by atoms with E-state index >= 15 is 0 Å². The van der Waals surface area contributed by atoms with E-state index in [1.54, 1.807) is 52.0 Å². The highest BCUT2D eigenvalue weighted by Crippen LogP contribution is 2.17. The van der Waals surface area contributed by atoms with E-state index < -0.39 is 29.2 Å². The van der Waals surface area contributed by atoms with E-state index in [0.717, 1.165) is 16.7 Å². The average Bonchev–Trinajstić information content (AvgIpc) is 2.88. The Hall–Kier alpha value is -4.33. The highest BCUT2D eigenvalue weighted by Gasteiger charge is 2.37. The van der Waals surface area contributed by atoms with Gasteiger partial charge in [-0.1, -0.05) is 72.8 Å². The molecule has 8 nitrogen and oxygen atoms in total. The second-order valence-electron chi connectivity index (χ2n) is 10.7. The van der Waals surface area contributed by atoms with E-state index in [1.165, 1.54) is 0 Å². The third kappa shape index (κ3) is 9.48. The zero-order valence-electron chi connectivity index (χ0n) is 22.9. The fourth-order valence-electron chi connectivity index (χ4n) is 4.04. The molecule has 0 aromatic heterocycles. The zero-order chi connectivity index (χ0) is 28.5. The van der Waals surface area contributed by atoms with Gasteiger partial charge in [-0.25, -0.2) is 4.79 Å². The fourth-order valence-corrected chi connectivity index (χ4v) is 4.04. The predicted molar refractivity (Wildman–Crippen MR) is 150 cm³/mol. The first-order chi connectivity index (χ1) is 18.4. The largest absolute Gasteiger partial charge is 0.508 e. The Morgan fingerprint density at radius 1 is 0.795 bits per heavy atom. The van der Waals surface area contributed by atoms with Crippen LogP contribution in [0.1, 0.15) is 44.4 Å². The Bertz CT molecular complexity index is 1240. The molecule has 3 aromatic carbocycles. The number of nitrogens with one attached hydrogen (secondary N) is 3. The van der Waals surface area contributed by atoms with Gasteiger partial charge >= 0.3 is 6.09 Å². The van der Waals surface area contributed by atoms with Crippen LogP contribution in [0.25, 0.3) is 0 Å². The molecule has 0 bridgehead atoms. The summed E-state index contributed by atoms with van der Waals surface area (Å²) < 4.78 is 5.40. The third-order valence-corrected chi connectivity index (χ3v) is 5.98. The van der Waals surface area contributed by atoms with Crippen LogP contribution in [-0.4, -0.2) is 40.2 Å². The molecular weight excluding hydrogens is 494 g/mol. The maximum atomic E-state index is 13.7. The molecule has 0 aliphatic heterocycles. The molecule has 1 unspecified atom stereocenters. The quantitative estimate of drug-likeness (QED) is 0.312. The first-order valence-corrected chi connectivity index (χ1v) is 12.9. The van der Waals surface area contributed by atoms with E-state index in [9.17, 15) is 19.5 Å². The van der Waals surface area contributed by atoms with Crippen LogP contribution in [0.4, 0.5) is 4.79 Å². The lowest BCUT2D eigenvalue weighted by molar-refractivity contribution is -0.134. The summed E-state index contributed by atoms with van der Waals surface area (Å²) in [6.07, 6.45) is -0.284. The predicted octanol–water partition coefficient (Wildman–Crippen LogP) is 4.26. The molecule has 3 rings (SSSR count). The van der Waals surface area contributed by atoms with Gasteiger partial charge in [-0.2, -0.15) is 0 Å². The zero-order valence-corrected chi connectivity index (χ0v) is 22.9. The molecule has 39 heavy (non-hydrogen) atoms. The summed E-state index contributed by atoms with van der Waals surface area (Å²) >= 11 is 0. The van der Waals surface area contributed by atoms with Crippen molar-refractivity contribution in [3.8, 4) is 5.75 Å². The molecule has 0 spiro atoms. The number of rotatable bonds is 10. The number of carbonyl (C=O) groups is 3. The number of carbonyl (C=O) groups excluding carboxylic acids is 3. The SMILES string of the molecule is CC(C)(C)OC(=O)N[C@@H](Cc1ccccc1)C(=O)NC(C)(Cc1ccccc1)C(=O)NCc1ccc(O)cc1.